The minimum Gasteiger partial charge on any atom is -0.339 e. The van der Waals surface area contributed by atoms with Gasteiger partial charge in [0.2, 0.25) is 0 Å². The Bertz CT molecular complexity index is 1150. The van der Waals surface area contributed by atoms with Crippen LogP contribution in [0.15, 0.2) is 73.2 Å². The minimum absolute atomic E-state index is 0.350. The fraction of sp³-hybridized carbons (Fsp3) is 0.240. The average Bonchev–Trinajstić information content (AvgIpc) is 3.24. The lowest BCUT2D eigenvalue weighted by atomic mass is 10.1. The van der Waals surface area contributed by atoms with E-state index in [1.54, 1.807) is 6.20 Å². The Labute approximate surface area is 176 Å². The van der Waals surface area contributed by atoms with Crippen LogP contribution in [-0.2, 0) is 6.54 Å². The first-order valence-electron chi connectivity index (χ1n) is 10.5. The highest BCUT2D eigenvalue weighted by atomic mass is 15.2. The summed E-state index contributed by atoms with van der Waals surface area (Å²) in [6, 6.07) is 19.1. The van der Waals surface area contributed by atoms with Gasteiger partial charge in [-0.2, -0.15) is 0 Å². The van der Waals surface area contributed by atoms with Crippen LogP contribution in [0.4, 0.5) is 11.5 Å². The Balaban J connectivity index is 1.34. The Hall–Kier alpha value is -3.31. The van der Waals surface area contributed by atoms with Crippen molar-refractivity contribution in [2.45, 2.75) is 32.4 Å². The second-order valence-electron chi connectivity index (χ2n) is 7.88. The largest absolute Gasteiger partial charge is 0.339 e. The molecule has 1 aliphatic heterocycles. The van der Waals surface area contributed by atoms with Crippen LogP contribution in [-0.4, -0.2) is 26.4 Å². The molecule has 5 heteroatoms. The molecular weight excluding hydrogens is 370 g/mol. The van der Waals surface area contributed by atoms with E-state index in [4.69, 9.17) is 4.98 Å². The van der Waals surface area contributed by atoms with E-state index >= 15 is 0 Å². The number of likely N-dealkylation sites (tertiary alicyclic amines) is 1. The number of nitrogens with one attached hydrogen (secondary N) is 1. The van der Waals surface area contributed by atoms with E-state index in [0.29, 0.717) is 6.04 Å². The van der Waals surface area contributed by atoms with Crippen LogP contribution in [0.5, 0.6) is 0 Å². The smallest absolute Gasteiger partial charge is 0.133 e. The Morgan fingerprint density at radius 1 is 0.967 bits per heavy atom. The van der Waals surface area contributed by atoms with Gasteiger partial charge in [0.15, 0.2) is 0 Å². The molecule has 0 radical (unpaired) electrons. The van der Waals surface area contributed by atoms with Crippen molar-refractivity contribution in [3.8, 4) is 0 Å². The molecule has 1 aliphatic rings. The van der Waals surface area contributed by atoms with Gasteiger partial charge >= 0.3 is 0 Å². The van der Waals surface area contributed by atoms with E-state index in [1.807, 2.05) is 24.5 Å². The summed E-state index contributed by atoms with van der Waals surface area (Å²) in [4.78, 5) is 16.2. The van der Waals surface area contributed by atoms with Crippen LogP contribution < -0.4 is 5.32 Å². The summed E-state index contributed by atoms with van der Waals surface area (Å²) in [5, 5.41) is 4.61. The van der Waals surface area contributed by atoms with Gasteiger partial charge in [-0.3, -0.25) is 14.9 Å². The molecule has 0 saturated carbocycles. The van der Waals surface area contributed by atoms with Crippen LogP contribution in [0.1, 0.15) is 35.7 Å². The highest BCUT2D eigenvalue weighted by Gasteiger charge is 2.27. The number of aryl methyl sites for hydroxylation is 1. The van der Waals surface area contributed by atoms with Crippen molar-refractivity contribution in [3.63, 3.8) is 0 Å². The molecule has 0 aliphatic carbocycles. The van der Waals surface area contributed by atoms with Crippen LogP contribution in [0, 0.1) is 6.92 Å². The number of rotatable bonds is 5. The van der Waals surface area contributed by atoms with E-state index in [1.165, 1.54) is 17.4 Å². The summed E-state index contributed by atoms with van der Waals surface area (Å²) in [5.41, 5.74) is 5.60. The molecule has 5 rings (SSSR count). The van der Waals surface area contributed by atoms with Gasteiger partial charge in [-0.25, -0.2) is 4.98 Å². The topological polar surface area (TPSA) is 53.9 Å². The molecule has 1 saturated heterocycles. The van der Waals surface area contributed by atoms with Crippen molar-refractivity contribution < 1.29 is 0 Å². The maximum absolute atomic E-state index is 4.80. The van der Waals surface area contributed by atoms with Gasteiger partial charge in [-0.05, 0) is 67.8 Å². The maximum Gasteiger partial charge on any atom is 0.133 e. The monoisotopic (exact) mass is 395 g/mol. The number of pyridine rings is 3. The number of hydrogen-bond acceptors (Lipinski definition) is 5. The number of aromatic nitrogens is 3. The molecule has 4 heterocycles. The van der Waals surface area contributed by atoms with Crippen molar-refractivity contribution in [1.29, 1.82) is 0 Å². The lowest BCUT2D eigenvalue weighted by Gasteiger charge is -2.25. The van der Waals surface area contributed by atoms with Gasteiger partial charge in [-0.1, -0.05) is 24.3 Å². The summed E-state index contributed by atoms with van der Waals surface area (Å²) in [6.07, 6.45) is 7.98. The molecule has 1 fully saturated rings. The molecule has 150 valence electrons. The molecule has 0 amide bonds. The van der Waals surface area contributed by atoms with Crippen molar-refractivity contribution in [2.24, 2.45) is 0 Å². The van der Waals surface area contributed by atoms with Gasteiger partial charge in [0.05, 0.1) is 29.1 Å². The fourth-order valence-electron chi connectivity index (χ4n) is 4.29. The van der Waals surface area contributed by atoms with E-state index in [2.05, 4.69) is 69.6 Å². The Kier molecular flexibility index (Phi) is 5.11. The van der Waals surface area contributed by atoms with E-state index < -0.39 is 0 Å². The lowest BCUT2D eigenvalue weighted by molar-refractivity contribution is 0.245. The quantitative estimate of drug-likeness (QED) is 0.489. The summed E-state index contributed by atoms with van der Waals surface area (Å²) < 4.78 is 0. The number of hydrogen-bond donors (Lipinski definition) is 1. The highest BCUT2D eigenvalue weighted by Crippen LogP contribution is 2.33. The number of fused-ring (bicyclic) bond motifs is 1. The van der Waals surface area contributed by atoms with Crippen molar-refractivity contribution in [3.05, 3.63) is 90.0 Å². The van der Waals surface area contributed by atoms with Crippen LogP contribution >= 0.6 is 0 Å². The third kappa shape index (κ3) is 3.76. The molecular formula is C25H25N5. The summed E-state index contributed by atoms with van der Waals surface area (Å²) >= 11 is 0. The van der Waals surface area contributed by atoms with Gasteiger partial charge in [0.25, 0.3) is 0 Å². The molecule has 1 unspecified atom stereocenters. The zero-order valence-electron chi connectivity index (χ0n) is 17.1. The summed E-state index contributed by atoms with van der Waals surface area (Å²) in [7, 11) is 0. The van der Waals surface area contributed by atoms with Crippen molar-refractivity contribution in [2.75, 3.05) is 11.9 Å². The average molecular weight is 396 g/mol. The number of nitrogens with zero attached hydrogens (tertiary/aromatic N) is 4. The second-order valence-corrected chi connectivity index (χ2v) is 7.88. The lowest BCUT2D eigenvalue weighted by Crippen LogP contribution is -2.23. The van der Waals surface area contributed by atoms with Gasteiger partial charge in [-0.15, -0.1) is 0 Å². The molecule has 30 heavy (non-hydrogen) atoms. The normalized spacial score (nSPS) is 16.8. The predicted molar refractivity (Wildman–Crippen MR) is 121 cm³/mol. The van der Waals surface area contributed by atoms with Gasteiger partial charge < -0.3 is 5.32 Å². The first-order valence-corrected chi connectivity index (χ1v) is 10.5. The predicted octanol–water partition coefficient (Wildman–Crippen LogP) is 5.41. The van der Waals surface area contributed by atoms with Gasteiger partial charge in [0.1, 0.15) is 5.82 Å². The molecule has 4 aromatic rings. The summed E-state index contributed by atoms with van der Waals surface area (Å²) in [6.45, 7) is 4.06. The van der Waals surface area contributed by atoms with E-state index in [-0.39, 0.29) is 0 Å². The molecule has 0 spiro atoms. The second kappa shape index (κ2) is 8.20. The van der Waals surface area contributed by atoms with Crippen LogP contribution in [0.2, 0.25) is 0 Å². The SMILES string of the molecule is Cc1cccnc1Nc1ccc(C2CCCN2Cc2ccnc3ccccc23)nc1. The van der Waals surface area contributed by atoms with Crippen molar-refractivity contribution >= 4 is 22.4 Å². The summed E-state index contributed by atoms with van der Waals surface area (Å²) in [5.74, 6) is 0.874. The molecule has 3 aromatic heterocycles. The van der Waals surface area contributed by atoms with E-state index in [9.17, 15) is 0 Å². The fourth-order valence-corrected chi connectivity index (χ4v) is 4.29. The first-order chi connectivity index (χ1) is 14.8. The standard InChI is InChI=1S/C25H25N5/c1-18-6-4-13-27-25(18)29-20-10-11-23(28-16-20)24-9-5-15-30(24)17-19-12-14-26-22-8-3-2-7-21(19)22/h2-4,6-8,10-14,16,24H,5,9,15,17H2,1H3,(H,27,29). The zero-order valence-corrected chi connectivity index (χ0v) is 17.1. The molecule has 1 N–H and O–H groups in total. The third-order valence-corrected chi connectivity index (χ3v) is 5.88. The Morgan fingerprint density at radius 3 is 2.77 bits per heavy atom. The number of para-hydroxylation sites is 1. The Morgan fingerprint density at radius 2 is 1.90 bits per heavy atom. The third-order valence-electron chi connectivity index (χ3n) is 5.88. The van der Waals surface area contributed by atoms with E-state index in [0.717, 1.165) is 47.8 Å². The number of benzene rings is 1. The molecule has 1 atom stereocenters. The highest BCUT2D eigenvalue weighted by molar-refractivity contribution is 5.81. The minimum atomic E-state index is 0.350. The van der Waals surface area contributed by atoms with Crippen LogP contribution in [0.3, 0.4) is 0 Å². The first kappa shape index (κ1) is 18.7. The molecule has 0 bridgehead atoms. The van der Waals surface area contributed by atoms with Gasteiger partial charge in [0, 0.05) is 24.3 Å². The maximum atomic E-state index is 4.80. The van der Waals surface area contributed by atoms with Crippen molar-refractivity contribution in [1.82, 2.24) is 19.9 Å². The molecule has 1 aromatic carbocycles. The zero-order chi connectivity index (χ0) is 20.3. The number of anilines is 2. The molecule has 5 nitrogen and oxygen atoms in total. The van der Waals surface area contributed by atoms with Crippen LogP contribution in [0.25, 0.3) is 10.9 Å².